The van der Waals surface area contributed by atoms with Crippen molar-refractivity contribution in [1.82, 2.24) is 24.8 Å². The van der Waals surface area contributed by atoms with E-state index in [9.17, 15) is 4.79 Å². The number of carbonyl (C=O) groups excluding carboxylic acids is 1. The lowest BCUT2D eigenvalue weighted by Crippen LogP contribution is -2.32. The fraction of sp³-hybridized carbons (Fsp3) is 0.300. The molecule has 2 heterocycles. The van der Waals surface area contributed by atoms with Crippen molar-refractivity contribution in [3.05, 3.63) is 59.9 Å². The van der Waals surface area contributed by atoms with Crippen LogP contribution in [0.15, 0.2) is 43.0 Å². The first-order chi connectivity index (χ1) is 13.5. The lowest BCUT2D eigenvalue weighted by atomic mass is 10.2. The van der Waals surface area contributed by atoms with Crippen LogP contribution in [0.1, 0.15) is 17.0 Å². The summed E-state index contributed by atoms with van der Waals surface area (Å²) in [6, 6.07) is 9.43. The van der Waals surface area contributed by atoms with Crippen LogP contribution in [0.25, 0.3) is 5.82 Å². The molecule has 3 aromatic rings. The summed E-state index contributed by atoms with van der Waals surface area (Å²) in [6.45, 7) is 6.93. The Morgan fingerprint density at radius 2 is 1.86 bits per heavy atom. The van der Waals surface area contributed by atoms with E-state index in [1.54, 1.807) is 6.33 Å². The zero-order valence-electron chi connectivity index (χ0n) is 16.3. The van der Waals surface area contributed by atoms with Crippen LogP contribution in [0, 0.1) is 20.8 Å². The minimum atomic E-state index is -0.171. The minimum absolute atomic E-state index is 0.0139. The molecule has 2 N–H and O–H groups in total. The SMILES string of the molecule is Cc1ccc(OCC(=O)NCCNc2cc(-n3cnc(C)c3C)ncn2)cc1. The van der Waals surface area contributed by atoms with Crippen LogP contribution in [-0.2, 0) is 4.79 Å². The zero-order valence-corrected chi connectivity index (χ0v) is 16.3. The average molecular weight is 380 g/mol. The van der Waals surface area contributed by atoms with Crippen LogP contribution in [-0.4, -0.2) is 45.1 Å². The predicted octanol–water partition coefficient (Wildman–Crippen LogP) is 2.19. The predicted molar refractivity (Wildman–Crippen MR) is 107 cm³/mol. The Morgan fingerprint density at radius 1 is 1.07 bits per heavy atom. The number of benzene rings is 1. The van der Waals surface area contributed by atoms with Crippen molar-refractivity contribution in [3.8, 4) is 11.6 Å². The van der Waals surface area contributed by atoms with Gasteiger partial charge in [0.25, 0.3) is 5.91 Å². The second-order valence-corrected chi connectivity index (χ2v) is 6.43. The third-order valence-corrected chi connectivity index (χ3v) is 4.30. The van der Waals surface area contributed by atoms with Gasteiger partial charge in [0.2, 0.25) is 0 Å². The molecule has 0 saturated heterocycles. The quantitative estimate of drug-likeness (QED) is 0.582. The number of imidazole rings is 1. The molecular formula is C20H24N6O2. The molecule has 0 saturated carbocycles. The number of aryl methyl sites for hydroxylation is 2. The maximum absolute atomic E-state index is 11.9. The van der Waals surface area contributed by atoms with E-state index >= 15 is 0 Å². The summed E-state index contributed by atoms with van der Waals surface area (Å²) in [4.78, 5) is 24.6. The van der Waals surface area contributed by atoms with Crippen molar-refractivity contribution in [1.29, 1.82) is 0 Å². The van der Waals surface area contributed by atoms with E-state index in [0.29, 0.717) is 24.7 Å². The standard InChI is InChI=1S/C20H24N6O2/c1-14-4-6-17(7-5-14)28-11-20(27)22-9-8-21-18-10-19(24-12-23-18)26-13-25-15(2)16(26)3/h4-7,10,12-13H,8-9,11H2,1-3H3,(H,22,27)(H,21,23,24). The maximum atomic E-state index is 11.9. The number of ether oxygens (including phenoxy) is 1. The summed E-state index contributed by atoms with van der Waals surface area (Å²) in [6.07, 6.45) is 3.24. The van der Waals surface area contributed by atoms with E-state index in [1.165, 1.54) is 6.33 Å². The van der Waals surface area contributed by atoms with Gasteiger partial charge in [-0.2, -0.15) is 0 Å². The summed E-state index contributed by atoms with van der Waals surface area (Å²) < 4.78 is 7.36. The molecule has 0 bridgehead atoms. The highest BCUT2D eigenvalue weighted by Crippen LogP contribution is 2.13. The van der Waals surface area contributed by atoms with Crippen molar-refractivity contribution < 1.29 is 9.53 Å². The van der Waals surface area contributed by atoms with Crippen LogP contribution in [0.2, 0.25) is 0 Å². The lowest BCUT2D eigenvalue weighted by Gasteiger charge is -2.10. The van der Waals surface area contributed by atoms with Gasteiger partial charge in [-0.3, -0.25) is 9.36 Å². The number of nitrogens with one attached hydrogen (secondary N) is 2. The first kappa shape index (κ1) is 19.3. The number of nitrogens with zero attached hydrogens (tertiary/aromatic N) is 4. The van der Waals surface area contributed by atoms with Crippen LogP contribution in [0.5, 0.6) is 5.75 Å². The highest BCUT2D eigenvalue weighted by atomic mass is 16.5. The number of rotatable bonds is 8. The third kappa shape index (κ3) is 5.06. The lowest BCUT2D eigenvalue weighted by molar-refractivity contribution is -0.123. The smallest absolute Gasteiger partial charge is 0.258 e. The Hall–Kier alpha value is -3.42. The molecule has 28 heavy (non-hydrogen) atoms. The Morgan fingerprint density at radius 3 is 2.57 bits per heavy atom. The molecule has 0 fully saturated rings. The van der Waals surface area contributed by atoms with Gasteiger partial charge in [0.15, 0.2) is 6.61 Å². The molecule has 8 heteroatoms. The van der Waals surface area contributed by atoms with E-state index in [0.717, 1.165) is 22.8 Å². The molecule has 1 amide bonds. The van der Waals surface area contributed by atoms with E-state index in [1.807, 2.05) is 55.7 Å². The summed E-state index contributed by atoms with van der Waals surface area (Å²) >= 11 is 0. The highest BCUT2D eigenvalue weighted by Gasteiger charge is 2.07. The van der Waals surface area contributed by atoms with Crippen LogP contribution in [0.3, 0.4) is 0 Å². The van der Waals surface area contributed by atoms with Gasteiger partial charge in [0, 0.05) is 24.8 Å². The van der Waals surface area contributed by atoms with Crippen molar-refractivity contribution in [2.24, 2.45) is 0 Å². The van der Waals surface area contributed by atoms with Gasteiger partial charge < -0.3 is 15.4 Å². The molecule has 0 aliphatic heterocycles. The fourth-order valence-electron chi connectivity index (χ4n) is 2.53. The molecule has 146 valence electrons. The summed E-state index contributed by atoms with van der Waals surface area (Å²) in [7, 11) is 0. The molecule has 0 atom stereocenters. The number of carbonyl (C=O) groups is 1. The molecule has 8 nitrogen and oxygen atoms in total. The normalized spacial score (nSPS) is 10.5. The van der Waals surface area contributed by atoms with Gasteiger partial charge in [0.1, 0.15) is 30.0 Å². The molecule has 0 unspecified atom stereocenters. The highest BCUT2D eigenvalue weighted by molar-refractivity contribution is 5.77. The first-order valence-corrected chi connectivity index (χ1v) is 9.06. The number of anilines is 1. The van der Waals surface area contributed by atoms with Crippen molar-refractivity contribution in [3.63, 3.8) is 0 Å². The second-order valence-electron chi connectivity index (χ2n) is 6.43. The first-order valence-electron chi connectivity index (χ1n) is 9.06. The van der Waals surface area contributed by atoms with Gasteiger partial charge in [-0.05, 0) is 32.9 Å². The molecule has 3 rings (SSSR count). The molecule has 0 aliphatic carbocycles. The number of amides is 1. The Balaban J connectivity index is 1.42. The molecular weight excluding hydrogens is 356 g/mol. The van der Waals surface area contributed by atoms with E-state index in [-0.39, 0.29) is 12.5 Å². The number of hydrogen-bond donors (Lipinski definition) is 2. The largest absolute Gasteiger partial charge is 0.484 e. The molecule has 2 aromatic heterocycles. The van der Waals surface area contributed by atoms with Gasteiger partial charge in [-0.15, -0.1) is 0 Å². The molecule has 0 aliphatic rings. The average Bonchev–Trinajstić information content (AvgIpc) is 3.04. The van der Waals surface area contributed by atoms with Gasteiger partial charge in [0.05, 0.1) is 5.69 Å². The molecule has 1 aromatic carbocycles. The number of hydrogen-bond acceptors (Lipinski definition) is 6. The third-order valence-electron chi connectivity index (χ3n) is 4.30. The Bertz CT molecular complexity index is 936. The van der Waals surface area contributed by atoms with E-state index < -0.39 is 0 Å². The van der Waals surface area contributed by atoms with Gasteiger partial charge in [-0.1, -0.05) is 17.7 Å². The van der Waals surface area contributed by atoms with Crippen LogP contribution in [0.4, 0.5) is 5.82 Å². The summed E-state index contributed by atoms with van der Waals surface area (Å²) in [5.41, 5.74) is 3.14. The maximum Gasteiger partial charge on any atom is 0.258 e. The second kappa shape index (κ2) is 8.98. The van der Waals surface area contributed by atoms with Crippen molar-refractivity contribution in [2.75, 3.05) is 25.0 Å². The van der Waals surface area contributed by atoms with Crippen molar-refractivity contribution in [2.45, 2.75) is 20.8 Å². The number of aromatic nitrogens is 4. The Labute approximate surface area is 164 Å². The summed E-state index contributed by atoms with van der Waals surface area (Å²) in [5, 5.41) is 5.98. The summed E-state index contributed by atoms with van der Waals surface area (Å²) in [5.74, 6) is 1.93. The van der Waals surface area contributed by atoms with E-state index in [4.69, 9.17) is 4.74 Å². The van der Waals surface area contributed by atoms with Crippen LogP contribution < -0.4 is 15.4 Å². The minimum Gasteiger partial charge on any atom is -0.484 e. The van der Waals surface area contributed by atoms with Crippen molar-refractivity contribution >= 4 is 11.7 Å². The Kier molecular flexibility index (Phi) is 6.21. The molecule has 0 radical (unpaired) electrons. The molecule has 0 spiro atoms. The van der Waals surface area contributed by atoms with Crippen LogP contribution >= 0.6 is 0 Å². The zero-order chi connectivity index (χ0) is 19.9. The topological polar surface area (TPSA) is 94.0 Å². The van der Waals surface area contributed by atoms with E-state index in [2.05, 4.69) is 25.6 Å². The van der Waals surface area contributed by atoms with Gasteiger partial charge in [-0.25, -0.2) is 15.0 Å². The van der Waals surface area contributed by atoms with Gasteiger partial charge >= 0.3 is 0 Å². The fourth-order valence-corrected chi connectivity index (χ4v) is 2.53. The monoisotopic (exact) mass is 380 g/mol.